The minimum Gasteiger partial charge on any atom is -0.321 e. The summed E-state index contributed by atoms with van der Waals surface area (Å²) < 4.78 is 38.0. The van der Waals surface area contributed by atoms with Crippen LogP contribution in [0.25, 0.3) is 0 Å². The molecule has 0 radical (unpaired) electrons. The number of aromatic nitrogens is 2. The van der Waals surface area contributed by atoms with Gasteiger partial charge in [0.1, 0.15) is 5.69 Å². The molecule has 1 aromatic heterocycles. The van der Waals surface area contributed by atoms with Crippen LogP contribution in [-0.2, 0) is 11.6 Å². The number of carbonyl (C=O) groups is 1. The fraction of sp³-hybridized carbons (Fsp3) is 0.353. The second kappa shape index (κ2) is 6.22. The van der Waals surface area contributed by atoms with Crippen LogP contribution in [0.1, 0.15) is 48.1 Å². The Hall–Kier alpha value is -2.44. The largest absolute Gasteiger partial charge is 0.434 e. The SMILES string of the molecule is Cc1ccc(NC(=O)c2cncc(C(F)(F)F)n2)cc1C(C)(C)C. The Morgan fingerprint density at radius 2 is 1.79 bits per heavy atom. The molecule has 24 heavy (non-hydrogen) atoms. The summed E-state index contributed by atoms with van der Waals surface area (Å²) in [7, 11) is 0. The van der Waals surface area contributed by atoms with Gasteiger partial charge in [0.2, 0.25) is 0 Å². The van der Waals surface area contributed by atoms with Crippen LogP contribution in [0.4, 0.5) is 18.9 Å². The molecule has 0 aliphatic rings. The molecule has 0 fully saturated rings. The number of hydrogen-bond acceptors (Lipinski definition) is 3. The highest BCUT2D eigenvalue weighted by Crippen LogP contribution is 2.29. The molecular weight excluding hydrogens is 319 g/mol. The molecule has 2 aromatic rings. The Morgan fingerprint density at radius 3 is 2.38 bits per heavy atom. The summed E-state index contributed by atoms with van der Waals surface area (Å²) in [5, 5.41) is 2.57. The fourth-order valence-corrected chi connectivity index (χ4v) is 2.31. The van der Waals surface area contributed by atoms with Crippen molar-refractivity contribution in [3.05, 3.63) is 53.1 Å². The Morgan fingerprint density at radius 1 is 1.12 bits per heavy atom. The number of anilines is 1. The fourth-order valence-electron chi connectivity index (χ4n) is 2.31. The summed E-state index contributed by atoms with van der Waals surface area (Å²) in [6, 6.07) is 5.37. The smallest absolute Gasteiger partial charge is 0.321 e. The lowest BCUT2D eigenvalue weighted by molar-refractivity contribution is -0.141. The van der Waals surface area contributed by atoms with Crippen LogP contribution in [0.3, 0.4) is 0 Å². The van der Waals surface area contributed by atoms with E-state index in [0.29, 0.717) is 11.9 Å². The summed E-state index contributed by atoms with van der Waals surface area (Å²) >= 11 is 0. The highest BCUT2D eigenvalue weighted by Gasteiger charge is 2.33. The second-order valence-electron chi connectivity index (χ2n) is 6.52. The minimum atomic E-state index is -4.65. The van der Waals surface area contributed by atoms with Crippen molar-refractivity contribution in [3.8, 4) is 0 Å². The lowest BCUT2D eigenvalue weighted by Gasteiger charge is -2.22. The predicted molar refractivity (Wildman–Crippen MR) is 84.9 cm³/mol. The van der Waals surface area contributed by atoms with Crippen LogP contribution in [0, 0.1) is 6.92 Å². The van der Waals surface area contributed by atoms with E-state index in [1.165, 1.54) is 0 Å². The van der Waals surface area contributed by atoms with Gasteiger partial charge >= 0.3 is 6.18 Å². The molecule has 0 aliphatic heterocycles. The van der Waals surface area contributed by atoms with Gasteiger partial charge < -0.3 is 5.32 Å². The van der Waals surface area contributed by atoms with Gasteiger partial charge in [0.15, 0.2) is 5.69 Å². The molecule has 128 valence electrons. The molecule has 0 bridgehead atoms. The Kier molecular flexibility index (Phi) is 4.64. The Labute approximate surface area is 138 Å². The van der Waals surface area contributed by atoms with E-state index in [0.717, 1.165) is 17.3 Å². The highest BCUT2D eigenvalue weighted by atomic mass is 19.4. The molecule has 7 heteroatoms. The predicted octanol–water partition coefficient (Wildman–Crippen LogP) is 4.35. The second-order valence-corrected chi connectivity index (χ2v) is 6.52. The van der Waals surface area contributed by atoms with Gasteiger partial charge in [-0.2, -0.15) is 13.2 Å². The van der Waals surface area contributed by atoms with Crippen molar-refractivity contribution in [2.45, 2.75) is 39.3 Å². The molecule has 1 heterocycles. The van der Waals surface area contributed by atoms with Crippen LogP contribution in [-0.4, -0.2) is 15.9 Å². The quantitative estimate of drug-likeness (QED) is 0.886. The first kappa shape index (κ1) is 17.9. The number of halogens is 3. The number of carbonyl (C=O) groups excluding carboxylic acids is 1. The number of hydrogen-bond donors (Lipinski definition) is 1. The molecule has 4 nitrogen and oxygen atoms in total. The summed E-state index contributed by atoms with van der Waals surface area (Å²) in [6.07, 6.45) is -3.06. The van der Waals surface area contributed by atoms with E-state index >= 15 is 0 Å². The van der Waals surface area contributed by atoms with Gasteiger partial charge in [-0.05, 0) is 35.6 Å². The van der Waals surface area contributed by atoms with Crippen LogP contribution >= 0.6 is 0 Å². The van der Waals surface area contributed by atoms with Gasteiger partial charge in [-0.1, -0.05) is 26.8 Å². The van der Waals surface area contributed by atoms with Gasteiger partial charge in [-0.25, -0.2) is 4.98 Å². The number of benzene rings is 1. The van der Waals surface area contributed by atoms with E-state index < -0.39 is 17.8 Å². The van der Waals surface area contributed by atoms with Gasteiger partial charge in [0, 0.05) is 5.69 Å². The Balaban J connectivity index is 2.28. The topological polar surface area (TPSA) is 54.9 Å². The zero-order chi connectivity index (χ0) is 18.1. The zero-order valence-corrected chi connectivity index (χ0v) is 13.8. The lowest BCUT2D eigenvalue weighted by atomic mass is 9.84. The number of alkyl halides is 3. The highest BCUT2D eigenvalue weighted by molar-refractivity contribution is 6.02. The average molecular weight is 337 g/mol. The molecule has 0 saturated carbocycles. The first-order chi connectivity index (χ1) is 11.0. The van der Waals surface area contributed by atoms with Gasteiger partial charge in [0.25, 0.3) is 5.91 Å². The van der Waals surface area contributed by atoms with Crippen LogP contribution in [0.5, 0.6) is 0 Å². The lowest BCUT2D eigenvalue weighted by Crippen LogP contribution is -2.19. The Bertz CT molecular complexity index is 764. The number of rotatable bonds is 2. The molecule has 1 amide bonds. The van der Waals surface area contributed by atoms with E-state index in [1.54, 1.807) is 6.07 Å². The van der Waals surface area contributed by atoms with E-state index in [-0.39, 0.29) is 11.1 Å². The molecule has 0 spiro atoms. The third kappa shape index (κ3) is 4.10. The summed E-state index contributed by atoms with van der Waals surface area (Å²) in [5.74, 6) is -0.739. The molecule has 0 atom stereocenters. The maximum Gasteiger partial charge on any atom is 0.434 e. The van der Waals surface area contributed by atoms with E-state index in [9.17, 15) is 18.0 Å². The summed E-state index contributed by atoms with van der Waals surface area (Å²) in [5.41, 5.74) is 0.891. The number of nitrogens with one attached hydrogen (secondary N) is 1. The van der Waals surface area contributed by atoms with Gasteiger partial charge in [-0.3, -0.25) is 9.78 Å². The van der Waals surface area contributed by atoms with Crippen LogP contribution in [0.2, 0.25) is 0 Å². The molecule has 1 N–H and O–H groups in total. The third-order valence-corrected chi connectivity index (χ3v) is 3.46. The zero-order valence-electron chi connectivity index (χ0n) is 13.8. The summed E-state index contributed by atoms with van der Waals surface area (Å²) in [6.45, 7) is 8.09. The molecule has 0 aliphatic carbocycles. The first-order valence-corrected chi connectivity index (χ1v) is 7.30. The molecule has 0 saturated heterocycles. The van der Waals surface area contributed by atoms with Crippen LogP contribution in [0.15, 0.2) is 30.6 Å². The van der Waals surface area contributed by atoms with Crippen LogP contribution < -0.4 is 5.32 Å². The maximum absolute atomic E-state index is 12.7. The molecule has 1 aromatic carbocycles. The van der Waals surface area contributed by atoms with Crippen molar-refractivity contribution in [3.63, 3.8) is 0 Å². The number of amides is 1. The van der Waals surface area contributed by atoms with E-state index in [2.05, 4.69) is 15.3 Å². The van der Waals surface area contributed by atoms with E-state index in [4.69, 9.17) is 0 Å². The van der Waals surface area contributed by atoms with Crippen molar-refractivity contribution in [2.75, 3.05) is 5.32 Å². The monoisotopic (exact) mass is 337 g/mol. The van der Waals surface area contributed by atoms with Crippen molar-refractivity contribution in [1.82, 2.24) is 9.97 Å². The van der Waals surface area contributed by atoms with Gasteiger partial charge in [0.05, 0.1) is 12.4 Å². The standard InChI is InChI=1S/C17H18F3N3O/c1-10-5-6-11(7-12(10)16(2,3)4)22-15(24)13-8-21-9-14(23-13)17(18,19)20/h5-9H,1-4H3,(H,22,24). The summed E-state index contributed by atoms with van der Waals surface area (Å²) in [4.78, 5) is 18.9. The van der Waals surface area contributed by atoms with Crippen molar-refractivity contribution < 1.29 is 18.0 Å². The van der Waals surface area contributed by atoms with Crippen molar-refractivity contribution in [2.24, 2.45) is 0 Å². The maximum atomic E-state index is 12.7. The van der Waals surface area contributed by atoms with Gasteiger partial charge in [-0.15, -0.1) is 0 Å². The molecular formula is C17H18F3N3O. The number of aryl methyl sites for hydroxylation is 1. The minimum absolute atomic E-state index is 0.124. The molecule has 0 unspecified atom stereocenters. The normalized spacial score (nSPS) is 12.1. The van der Waals surface area contributed by atoms with Crippen molar-refractivity contribution in [1.29, 1.82) is 0 Å². The average Bonchev–Trinajstić information content (AvgIpc) is 2.47. The van der Waals surface area contributed by atoms with E-state index in [1.807, 2.05) is 39.8 Å². The molecule has 2 rings (SSSR count). The first-order valence-electron chi connectivity index (χ1n) is 7.30. The number of nitrogens with zero attached hydrogens (tertiary/aromatic N) is 2. The van der Waals surface area contributed by atoms with Crippen molar-refractivity contribution >= 4 is 11.6 Å². The third-order valence-electron chi connectivity index (χ3n) is 3.46.